The van der Waals surface area contributed by atoms with Crippen molar-refractivity contribution in [1.29, 1.82) is 0 Å². The first kappa shape index (κ1) is 20.4. The van der Waals surface area contributed by atoms with Crippen LogP contribution in [0.15, 0.2) is 23.1 Å². The second-order valence-electron chi connectivity index (χ2n) is 5.92. The van der Waals surface area contributed by atoms with Crippen LogP contribution in [0.2, 0.25) is 0 Å². The van der Waals surface area contributed by atoms with Crippen LogP contribution in [0.3, 0.4) is 0 Å². The predicted molar refractivity (Wildman–Crippen MR) is 95.8 cm³/mol. The van der Waals surface area contributed by atoms with Gasteiger partial charge in [-0.1, -0.05) is 39.0 Å². The molecule has 0 bridgehead atoms. The van der Waals surface area contributed by atoms with Gasteiger partial charge in [-0.15, -0.1) is 0 Å². The fourth-order valence-corrected chi connectivity index (χ4v) is 3.39. The Morgan fingerprint density at radius 1 is 1.12 bits per heavy atom. The van der Waals surface area contributed by atoms with E-state index >= 15 is 0 Å². The van der Waals surface area contributed by atoms with Gasteiger partial charge < -0.3 is 5.32 Å². The average Bonchev–Trinajstić information content (AvgIpc) is 2.53. The Morgan fingerprint density at radius 3 is 2.33 bits per heavy atom. The predicted octanol–water partition coefficient (Wildman–Crippen LogP) is 3.62. The Hall–Kier alpha value is -1.67. The molecule has 0 atom stereocenters. The molecule has 0 fully saturated rings. The third kappa shape index (κ3) is 5.76. The topological polar surface area (TPSA) is 92.5 Å². The minimum absolute atomic E-state index is 0.0623. The van der Waals surface area contributed by atoms with Crippen LogP contribution in [0.4, 0.5) is 11.4 Å². The molecule has 0 saturated carbocycles. The molecule has 0 aromatic heterocycles. The summed E-state index contributed by atoms with van der Waals surface area (Å²) >= 11 is 0. The van der Waals surface area contributed by atoms with E-state index in [9.17, 15) is 18.5 Å². The van der Waals surface area contributed by atoms with Crippen molar-refractivity contribution in [2.24, 2.45) is 0 Å². The smallest absolute Gasteiger partial charge is 0.270 e. The van der Waals surface area contributed by atoms with Crippen LogP contribution in [0.5, 0.6) is 0 Å². The van der Waals surface area contributed by atoms with Crippen molar-refractivity contribution < 1.29 is 13.3 Å². The molecule has 0 saturated heterocycles. The second kappa shape index (κ2) is 9.58. The van der Waals surface area contributed by atoms with Gasteiger partial charge in [-0.2, -0.15) is 0 Å². The van der Waals surface area contributed by atoms with Gasteiger partial charge in [0.15, 0.2) is 0 Å². The molecule has 7 nitrogen and oxygen atoms in total. The lowest BCUT2D eigenvalue weighted by Crippen LogP contribution is -2.23. The Labute approximate surface area is 144 Å². The lowest BCUT2D eigenvalue weighted by Gasteiger charge is -2.16. The van der Waals surface area contributed by atoms with E-state index in [0.717, 1.165) is 23.2 Å². The Bertz CT molecular complexity index is 645. The van der Waals surface area contributed by atoms with Gasteiger partial charge in [0.25, 0.3) is 5.69 Å². The number of nitrogens with one attached hydrogen (secondary N) is 1. The summed E-state index contributed by atoms with van der Waals surface area (Å²) in [5.41, 5.74) is 0.170. The third-order valence-electron chi connectivity index (χ3n) is 3.78. The maximum atomic E-state index is 12.4. The van der Waals surface area contributed by atoms with Crippen LogP contribution >= 0.6 is 0 Å². The number of non-ortho nitro benzene ring substituents is 1. The number of hydrogen-bond acceptors (Lipinski definition) is 5. The van der Waals surface area contributed by atoms with Crippen LogP contribution in [-0.2, 0) is 10.0 Å². The standard InChI is InChI=1S/C16H27N3O4S/c1-4-5-6-7-8-9-12-17-15-11-10-14(19(20)21)13-16(15)24(22,23)18(2)3/h10-11,13,17H,4-9,12H2,1-3H3. The molecular weight excluding hydrogens is 330 g/mol. The summed E-state index contributed by atoms with van der Waals surface area (Å²) in [6.45, 7) is 2.81. The highest BCUT2D eigenvalue weighted by Gasteiger charge is 2.24. The summed E-state index contributed by atoms with van der Waals surface area (Å²) in [5, 5.41) is 14.0. The van der Waals surface area contributed by atoms with E-state index in [0.29, 0.717) is 12.2 Å². The SMILES string of the molecule is CCCCCCCCNc1ccc([N+](=O)[O-])cc1S(=O)(=O)N(C)C. The molecule has 0 aliphatic heterocycles. The second-order valence-corrected chi connectivity index (χ2v) is 8.04. The minimum atomic E-state index is -3.75. The molecule has 1 aromatic rings. The molecule has 0 aliphatic rings. The number of unbranched alkanes of at least 4 members (excludes halogenated alkanes) is 5. The lowest BCUT2D eigenvalue weighted by molar-refractivity contribution is -0.385. The maximum Gasteiger partial charge on any atom is 0.270 e. The van der Waals surface area contributed by atoms with Crippen molar-refractivity contribution in [3.8, 4) is 0 Å². The highest BCUT2D eigenvalue weighted by molar-refractivity contribution is 7.89. The van der Waals surface area contributed by atoms with Crippen molar-refractivity contribution in [2.75, 3.05) is 26.0 Å². The number of benzene rings is 1. The van der Waals surface area contributed by atoms with Crippen LogP contribution in [0.1, 0.15) is 45.4 Å². The molecule has 0 heterocycles. The monoisotopic (exact) mass is 357 g/mol. The highest BCUT2D eigenvalue weighted by Crippen LogP contribution is 2.28. The summed E-state index contributed by atoms with van der Waals surface area (Å²) in [6.07, 6.45) is 6.83. The van der Waals surface area contributed by atoms with Gasteiger partial charge in [0.2, 0.25) is 10.0 Å². The maximum absolute atomic E-state index is 12.4. The van der Waals surface area contributed by atoms with Crippen LogP contribution in [-0.4, -0.2) is 38.3 Å². The average molecular weight is 357 g/mol. The van der Waals surface area contributed by atoms with Crippen molar-refractivity contribution in [3.63, 3.8) is 0 Å². The van der Waals surface area contributed by atoms with Crippen LogP contribution < -0.4 is 5.32 Å². The van der Waals surface area contributed by atoms with Gasteiger partial charge in [0, 0.05) is 32.8 Å². The zero-order chi connectivity index (χ0) is 18.2. The van der Waals surface area contributed by atoms with Gasteiger partial charge in [0.1, 0.15) is 4.90 Å². The van der Waals surface area contributed by atoms with Crippen LogP contribution in [0.25, 0.3) is 0 Å². The van der Waals surface area contributed by atoms with E-state index in [2.05, 4.69) is 12.2 Å². The molecule has 1 aromatic carbocycles. The van der Waals surface area contributed by atoms with Crippen molar-refractivity contribution >= 4 is 21.4 Å². The number of rotatable bonds is 11. The molecule has 0 radical (unpaired) electrons. The van der Waals surface area contributed by atoms with E-state index in [1.807, 2.05) is 0 Å². The van der Waals surface area contributed by atoms with Crippen LogP contribution in [0, 0.1) is 10.1 Å². The van der Waals surface area contributed by atoms with E-state index in [-0.39, 0.29) is 10.6 Å². The quantitative estimate of drug-likeness (QED) is 0.371. The minimum Gasteiger partial charge on any atom is -0.384 e. The fourth-order valence-electron chi connectivity index (χ4n) is 2.31. The molecule has 0 amide bonds. The summed E-state index contributed by atoms with van der Waals surface area (Å²) in [5.74, 6) is 0. The molecule has 1 N–H and O–H groups in total. The largest absolute Gasteiger partial charge is 0.384 e. The molecule has 24 heavy (non-hydrogen) atoms. The number of anilines is 1. The Morgan fingerprint density at radius 2 is 1.75 bits per heavy atom. The van der Waals surface area contributed by atoms with Gasteiger partial charge in [-0.25, -0.2) is 12.7 Å². The fraction of sp³-hybridized carbons (Fsp3) is 0.625. The molecule has 136 valence electrons. The lowest BCUT2D eigenvalue weighted by atomic mass is 10.1. The van der Waals surface area contributed by atoms with E-state index in [1.54, 1.807) is 0 Å². The summed E-state index contributed by atoms with van der Waals surface area (Å²) in [7, 11) is -0.935. The number of hydrogen-bond donors (Lipinski definition) is 1. The molecule has 0 aliphatic carbocycles. The van der Waals surface area contributed by atoms with Gasteiger partial charge in [-0.05, 0) is 12.5 Å². The first-order chi connectivity index (χ1) is 11.3. The Kier molecular flexibility index (Phi) is 8.14. The molecule has 8 heteroatoms. The van der Waals surface area contributed by atoms with Crippen molar-refractivity contribution in [1.82, 2.24) is 4.31 Å². The first-order valence-corrected chi connectivity index (χ1v) is 9.69. The summed E-state index contributed by atoms with van der Waals surface area (Å²) < 4.78 is 25.9. The zero-order valence-electron chi connectivity index (χ0n) is 14.6. The normalized spacial score (nSPS) is 11.7. The number of nitrogens with zero attached hydrogens (tertiary/aromatic N) is 2. The molecule has 0 spiro atoms. The van der Waals surface area contributed by atoms with Crippen molar-refractivity contribution in [3.05, 3.63) is 28.3 Å². The van der Waals surface area contributed by atoms with Gasteiger partial charge in [0.05, 0.1) is 10.6 Å². The Balaban J connectivity index is 2.81. The van der Waals surface area contributed by atoms with Gasteiger partial charge in [-0.3, -0.25) is 10.1 Å². The highest BCUT2D eigenvalue weighted by atomic mass is 32.2. The summed E-state index contributed by atoms with van der Waals surface area (Å²) in [6, 6.07) is 3.89. The van der Waals surface area contributed by atoms with Crippen molar-refractivity contribution in [2.45, 2.75) is 50.3 Å². The zero-order valence-corrected chi connectivity index (χ0v) is 15.4. The number of nitro groups is 1. The van der Waals surface area contributed by atoms with E-state index < -0.39 is 14.9 Å². The number of sulfonamides is 1. The molecular formula is C16H27N3O4S. The third-order valence-corrected chi connectivity index (χ3v) is 5.64. The molecule has 1 rings (SSSR count). The van der Waals surface area contributed by atoms with E-state index in [1.165, 1.54) is 51.9 Å². The van der Waals surface area contributed by atoms with E-state index in [4.69, 9.17) is 0 Å². The summed E-state index contributed by atoms with van der Waals surface area (Å²) in [4.78, 5) is 10.3. The number of nitro benzene ring substituents is 1. The first-order valence-electron chi connectivity index (χ1n) is 8.25. The molecule has 0 unspecified atom stereocenters. The van der Waals surface area contributed by atoms with Gasteiger partial charge >= 0.3 is 0 Å².